The molecule has 2 heterocycles. The van der Waals surface area contributed by atoms with E-state index in [1.807, 2.05) is 39.8 Å². The molecule has 3 aromatic rings. The van der Waals surface area contributed by atoms with E-state index < -0.39 is 0 Å². The first kappa shape index (κ1) is 21.9. The van der Waals surface area contributed by atoms with Crippen molar-refractivity contribution in [1.29, 1.82) is 0 Å². The first-order chi connectivity index (χ1) is 15.7. The topological polar surface area (TPSA) is 76.5 Å². The summed E-state index contributed by atoms with van der Waals surface area (Å²) in [5, 5.41) is 2.96. The van der Waals surface area contributed by atoms with Crippen LogP contribution in [0.15, 0.2) is 48.5 Å². The van der Waals surface area contributed by atoms with Crippen molar-refractivity contribution in [2.24, 2.45) is 0 Å². The summed E-state index contributed by atoms with van der Waals surface area (Å²) in [5.74, 6) is 1.56. The van der Waals surface area contributed by atoms with Gasteiger partial charge in [-0.15, -0.1) is 0 Å². The number of carbonyl (C=O) groups excluding carboxylic acids is 2. The maximum absolute atomic E-state index is 12.9. The van der Waals surface area contributed by atoms with Crippen molar-refractivity contribution in [3.8, 4) is 5.75 Å². The molecule has 1 N–H and O–H groups in total. The SMILES string of the molecule is COc1cccc(C(=O)NCCCc2nc3ccccc3n2CC(=O)N2CCCCC2)c1. The molecule has 1 saturated heterocycles. The number of likely N-dealkylation sites (tertiary alicyclic amines) is 1. The van der Waals surface area contributed by atoms with E-state index in [0.29, 0.717) is 30.8 Å². The predicted molar refractivity (Wildman–Crippen MR) is 124 cm³/mol. The zero-order valence-corrected chi connectivity index (χ0v) is 18.5. The number of benzene rings is 2. The summed E-state index contributed by atoms with van der Waals surface area (Å²) in [5.41, 5.74) is 2.45. The molecule has 2 aromatic carbocycles. The fourth-order valence-electron chi connectivity index (χ4n) is 4.19. The van der Waals surface area contributed by atoms with Crippen LogP contribution in [0.3, 0.4) is 0 Å². The average Bonchev–Trinajstić information content (AvgIpc) is 3.19. The van der Waals surface area contributed by atoms with Crippen LogP contribution in [-0.4, -0.2) is 53.0 Å². The van der Waals surface area contributed by atoms with Crippen LogP contribution < -0.4 is 10.1 Å². The summed E-state index contributed by atoms with van der Waals surface area (Å²) >= 11 is 0. The summed E-state index contributed by atoms with van der Waals surface area (Å²) < 4.78 is 7.22. The lowest BCUT2D eigenvalue weighted by Crippen LogP contribution is -2.38. The Hall–Kier alpha value is -3.35. The fourth-order valence-corrected chi connectivity index (χ4v) is 4.19. The largest absolute Gasteiger partial charge is 0.497 e. The Morgan fingerprint density at radius 2 is 1.88 bits per heavy atom. The van der Waals surface area contributed by atoms with Crippen molar-refractivity contribution in [3.05, 3.63) is 59.9 Å². The molecule has 0 atom stereocenters. The van der Waals surface area contributed by atoms with Crippen molar-refractivity contribution in [2.45, 2.75) is 38.6 Å². The van der Waals surface area contributed by atoms with Gasteiger partial charge in [0, 0.05) is 31.6 Å². The van der Waals surface area contributed by atoms with Crippen molar-refractivity contribution in [2.75, 3.05) is 26.7 Å². The highest BCUT2D eigenvalue weighted by molar-refractivity contribution is 5.94. The lowest BCUT2D eigenvalue weighted by molar-refractivity contribution is -0.132. The monoisotopic (exact) mass is 434 g/mol. The minimum Gasteiger partial charge on any atom is -0.497 e. The molecule has 7 nitrogen and oxygen atoms in total. The molecule has 0 saturated carbocycles. The zero-order valence-electron chi connectivity index (χ0n) is 18.5. The van der Waals surface area contributed by atoms with E-state index in [9.17, 15) is 9.59 Å². The molecule has 2 amide bonds. The van der Waals surface area contributed by atoms with E-state index in [4.69, 9.17) is 9.72 Å². The minimum atomic E-state index is -0.127. The maximum Gasteiger partial charge on any atom is 0.251 e. The van der Waals surface area contributed by atoms with Crippen LogP contribution in [-0.2, 0) is 17.8 Å². The number of aryl methyl sites for hydroxylation is 1. The lowest BCUT2D eigenvalue weighted by atomic mass is 10.1. The van der Waals surface area contributed by atoms with Crippen LogP contribution in [0.1, 0.15) is 41.9 Å². The third-order valence-electron chi connectivity index (χ3n) is 5.93. The highest BCUT2D eigenvalue weighted by atomic mass is 16.5. The highest BCUT2D eigenvalue weighted by Crippen LogP contribution is 2.19. The first-order valence-electron chi connectivity index (χ1n) is 11.3. The number of methoxy groups -OCH3 is 1. The van der Waals surface area contributed by atoms with Crippen LogP contribution in [0.5, 0.6) is 5.75 Å². The number of fused-ring (bicyclic) bond motifs is 1. The Morgan fingerprint density at radius 3 is 2.69 bits per heavy atom. The van der Waals surface area contributed by atoms with E-state index in [-0.39, 0.29) is 11.8 Å². The van der Waals surface area contributed by atoms with Gasteiger partial charge in [0.1, 0.15) is 18.1 Å². The highest BCUT2D eigenvalue weighted by Gasteiger charge is 2.19. The van der Waals surface area contributed by atoms with E-state index in [1.165, 1.54) is 6.42 Å². The van der Waals surface area contributed by atoms with Gasteiger partial charge in [0.05, 0.1) is 18.1 Å². The third-order valence-corrected chi connectivity index (χ3v) is 5.93. The number of piperidine rings is 1. The number of aromatic nitrogens is 2. The number of para-hydroxylation sites is 2. The van der Waals surface area contributed by atoms with Crippen LogP contribution >= 0.6 is 0 Å². The second kappa shape index (κ2) is 10.3. The summed E-state index contributed by atoms with van der Waals surface area (Å²) in [6, 6.07) is 15.0. The first-order valence-corrected chi connectivity index (χ1v) is 11.3. The molecule has 4 rings (SSSR count). The Bertz CT molecular complexity index is 1090. The number of hydrogen-bond donors (Lipinski definition) is 1. The van der Waals surface area contributed by atoms with Crippen molar-refractivity contribution in [3.63, 3.8) is 0 Å². The third kappa shape index (κ3) is 5.10. The zero-order chi connectivity index (χ0) is 22.3. The van der Waals surface area contributed by atoms with Gasteiger partial charge in [-0.3, -0.25) is 9.59 Å². The standard InChI is InChI=1S/C25H30N4O3/c1-32-20-10-7-9-19(17-20)25(31)26-14-8-13-23-27-21-11-3-4-12-22(21)29(23)18-24(30)28-15-5-2-6-16-28/h3-4,7,9-12,17H,2,5-6,8,13-16,18H2,1H3,(H,26,31). The van der Waals surface area contributed by atoms with Gasteiger partial charge in [-0.25, -0.2) is 4.98 Å². The molecule has 1 aromatic heterocycles. The lowest BCUT2D eigenvalue weighted by Gasteiger charge is -2.27. The molecular weight excluding hydrogens is 404 g/mol. The van der Waals surface area contributed by atoms with Crippen molar-refractivity contribution >= 4 is 22.8 Å². The summed E-state index contributed by atoms with van der Waals surface area (Å²) in [6.07, 6.45) is 4.77. The van der Waals surface area contributed by atoms with Gasteiger partial charge in [0.25, 0.3) is 5.91 Å². The van der Waals surface area contributed by atoms with Gasteiger partial charge < -0.3 is 19.5 Å². The number of imidazole rings is 1. The summed E-state index contributed by atoms with van der Waals surface area (Å²) in [6.45, 7) is 2.53. The fraction of sp³-hybridized carbons (Fsp3) is 0.400. The van der Waals surface area contributed by atoms with Gasteiger partial charge >= 0.3 is 0 Å². The molecule has 1 aliphatic rings. The molecule has 32 heavy (non-hydrogen) atoms. The Morgan fingerprint density at radius 1 is 1.06 bits per heavy atom. The molecule has 0 radical (unpaired) electrons. The quantitative estimate of drug-likeness (QED) is 0.551. The second-order valence-corrected chi connectivity index (χ2v) is 8.14. The maximum atomic E-state index is 12.9. The number of nitrogens with zero attached hydrogens (tertiary/aromatic N) is 3. The van der Waals surface area contributed by atoms with Crippen LogP contribution in [0.25, 0.3) is 11.0 Å². The minimum absolute atomic E-state index is 0.127. The van der Waals surface area contributed by atoms with E-state index >= 15 is 0 Å². The second-order valence-electron chi connectivity index (χ2n) is 8.14. The number of carbonyl (C=O) groups is 2. The van der Waals surface area contributed by atoms with Crippen molar-refractivity contribution in [1.82, 2.24) is 19.8 Å². The molecule has 1 fully saturated rings. The molecule has 0 unspecified atom stereocenters. The Balaban J connectivity index is 1.39. The predicted octanol–water partition coefficient (Wildman–Crippen LogP) is 3.42. The number of rotatable bonds is 8. The van der Waals surface area contributed by atoms with Crippen LogP contribution in [0.2, 0.25) is 0 Å². The Labute approximate surface area is 188 Å². The van der Waals surface area contributed by atoms with Crippen LogP contribution in [0, 0.1) is 0 Å². The molecule has 0 spiro atoms. The van der Waals surface area contributed by atoms with Gasteiger partial charge in [0.2, 0.25) is 5.91 Å². The Kier molecular flexibility index (Phi) is 7.04. The molecule has 1 aliphatic heterocycles. The number of nitrogens with one attached hydrogen (secondary N) is 1. The molecule has 7 heteroatoms. The van der Waals surface area contributed by atoms with Gasteiger partial charge in [-0.2, -0.15) is 0 Å². The number of ether oxygens (including phenoxy) is 1. The number of amides is 2. The van der Waals surface area contributed by atoms with E-state index in [2.05, 4.69) is 5.32 Å². The van der Waals surface area contributed by atoms with Gasteiger partial charge in [0.15, 0.2) is 0 Å². The summed E-state index contributed by atoms with van der Waals surface area (Å²) in [4.78, 5) is 32.1. The van der Waals surface area contributed by atoms with Crippen molar-refractivity contribution < 1.29 is 14.3 Å². The van der Waals surface area contributed by atoms with Gasteiger partial charge in [-0.05, 0) is 56.0 Å². The smallest absolute Gasteiger partial charge is 0.251 e. The molecular formula is C25H30N4O3. The normalized spacial score (nSPS) is 13.8. The average molecular weight is 435 g/mol. The number of hydrogen-bond acceptors (Lipinski definition) is 4. The molecule has 0 aliphatic carbocycles. The van der Waals surface area contributed by atoms with E-state index in [1.54, 1.807) is 25.3 Å². The molecule has 168 valence electrons. The van der Waals surface area contributed by atoms with Gasteiger partial charge in [-0.1, -0.05) is 18.2 Å². The van der Waals surface area contributed by atoms with Crippen LogP contribution in [0.4, 0.5) is 0 Å². The molecule has 0 bridgehead atoms. The summed E-state index contributed by atoms with van der Waals surface area (Å²) in [7, 11) is 1.58. The van der Waals surface area contributed by atoms with E-state index in [0.717, 1.165) is 49.2 Å².